The van der Waals surface area contributed by atoms with Gasteiger partial charge in [-0.2, -0.15) is 0 Å². The molecule has 2 aliphatic rings. The normalized spacial score (nSPS) is 38.4. The summed E-state index contributed by atoms with van der Waals surface area (Å²) in [5.41, 5.74) is 0. The van der Waals surface area contributed by atoms with E-state index in [0.717, 1.165) is 6.61 Å². The Kier molecular flexibility index (Phi) is 3.42. The highest BCUT2D eigenvalue weighted by Gasteiger charge is 2.29. The van der Waals surface area contributed by atoms with Crippen LogP contribution in [0.5, 0.6) is 0 Å². The van der Waals surface area contributed by atoms with Crippen molar-refractivity contribution in [2.45, 2.75) is 44.4 Å². The molecule has 0 aromatic heterocycles. The Morgan fingerprint density at radius 3 is 2.86 bits per heavy atom. The summed E-state index contributed by atoms with van der Waals surface area (Å²) in [4.78, 5) is 2.47. The second kappa shape index (κ2) is 4.60. The van der Waals surface area contributed by atoms with E-state index >= 15 is 0 Å². The predicted octanol–water partition coefficient (Wildman–Crippen LogP) is 0.848. The molecule has 3 atom stereocenters. The van der Waals surface area contributed by atoms with Crippen molar-refractivity contribution >= 4 is 0 Å². The largest absolute Gasteiger partial charge is 0.377 e. The van der Waals surface area contributed by atoms with E-state index < -0.39 is 0 Å². The van der Waals surface area contributed by atoms with Gasteiger partial charge in [0.05, 0.1) is 6.10 Å². The highest BCUT2D eigenvalue weighted by molar-refractivity contribution is 4.84. The van der Waals surface area contributed by atoms with Crippen molar-refractivity contribution in [3.05, 3.63) is 0 Å². The number of ether oxygens (including phenoxy) is 1. The average molecular weight is 198 g/mol. The Bertz CT molecular complexity index is 180. The molecule has 82 valence electrons. The molecule has 0 amide bonds. The van der Waals surface area contributed by atoms with Gasteiger partial charge in [-0.15, -0.1) is 0 Å². The van der Waals surface area contributed by atoms with Gasteiger partial charge in [-0.3, -0.25) is 4.90 Å². The second-order valence-corrected chi connectivity index (χ2v) is 4.66. The summed E-state index contributed by atoms with van der Waals surface area (Å²) in [6.45, 7) is 5.51. The zero-order chi connectivity index (χ0) is 9.97. The van der Waals surface area contributed by atoms with Crippen molar-refractivity contribution < 1.29 is 4.74 Å². The lowest BCUT2D eigenvalue weighted by molar-refractivity contribution is 0.0811. The molecule has 2 saturated heterocycles. The van der Waals surface area contributed by atoms with Crippen LogP contribution in [0.2, 0.25) is 0 Å². The summed E-state index contributed by atoms with van der Waals surface area (Å²) in [5.74, 6) is 0. The molecule has 0 bridgehead atoms. The van der Waals surface area contributed by atoms with Gasteiger partial charge < -0.3 is 10.1 Å². The smallest absolute Gasteiger partial charge is 0.0702 e. The van der Waals surface area contributed by atoms with Crippen LogP contribution in [0.15, 0.2) is 0 Å². The Balaban J connectivity index is 1.78. The lowest BCUT2D eigenvalue weighted by Crippen LogP contribution is -2.43. The van der Waals surface area contributed by atoms with Crippen molar-refractivity contribution in [1.29, 1.82) is 0 Å². The molecule has 3 nitrogen and oxygen atoms in total. The van der Waals surface area contributed by atoms with Gasteiger partial charge in [-0.25, -0.2) is 0 Å². The third kappa shape index (κ3) is 2.27. The minimum absolute atomic E-state index is 0.418. The minimum atomic E-state index is 0.418. The molecule has 1 N–H and O–H groups in total. The topological polar surface area (TPSA) is 24.5 Å². The molecule has 0 aromatic rings. The van der Waals surface area contributed by atoms with Crippen LogP contribution >= 0.6 is 0 Å². The fourth-order valence-corrected chi connectivity index (χ4v) is 2.69. The highest BCUT2D eigenvalue weighted by Crippen LogP contribution is 2.19. The second-order valence-electron chi connectivity index (χ2n) is 4.66. The fraction of sp³-hybridized carbons (Fsp3) is 1.00. The van der Waals surface area contributed by atoms with E-state index in [1.54, 1.807) is 0 Å². The van der Waals surface area contributed by atoms with Gasteiger partial charge >= 0.3 is 0 Å². The van der Waals surface area contributed by atoms with Gasteiger partial charge in [-0.05, 0) is 39.8 Å². The van der Waals surface area contributed by atoms with Crippen LogP contribution in [0.3, 0.4) is 0 Å². The first-order valence-electron chi connectivity index (χ1n) is 5.82. The van der Waals surface area contributed by atoms with E-state index in [2.05, 4.69) is 24.2 Å². The van der Waals surface area contributed by atoms with Gasteiger partial charge in [0.2, 0.25) is 0 Å². The number of likely N-dealkylation sites (N-methyl/N-ethyl adjacent to an activating group) is 1. The monoisotopic (exact) mass is 198 g/mol. The van der Waals surface area contributed by atoms with Crippen molar-refractivity contribution in [2.75, 3.05) is 26.7 Å². The molecule has 0 aliphatic carbocycles. The van der Waals surface area contributed by atoms with Crippen LogP contribution in [0, 0.1) is 0 Å². The van der Waals surface area contributed by atoms with E-state index in [-0.39, 0.29) is 0 Å². The van der Waals surface area contributed by atoms with Crippen LogP contribution in [-0.4, -0.2) is 49.8 Å². The molecular formula is C11H22N2O. The van der Waals surface area contributed by atoms with Crippen molar-refractivity contribution in [1.82, 2.24) is 10.2 Å². The zero-order valence-corrected chi connectivity index (χ0v) is 9.33. The molecule has 3 heteroatoms. The summed E-state index contributed by atoms with van der Waals surface area (Å²) in [6, 6.07) is 1.35. The molecule has 0 saturated carbocycles. The number of nitrogens with one attached hydrogen (secondary N) is 1. The highest BCUT2D eigenvalue weighted by atomic mass is 16.5. The van der Waals surface area contributed by atoms with Crippen LogP contribution in [0.25, 0.3) is 0 Å². The summed E-state index contributed by atoms with van der Waals surface area (Å²) in [6.07, 6.45) is 4.30. The lowest BCUT2D eigenvalue weighted by atomic mass is 10.1. The SMILES string of the molecule is CC1OCCC1N(C)CC1CCCN1. The first kappa shape index (κ1) is 10.4. The lowest BCUT2D eigenvalue weighted by Gasteiger charge is -2.28. The van der Waals surface area contributed by atoms with Gasteiger partial charge in [0.1, 0.15) is 0 Å². The standard InChI is InChI=1S/C11H22N2O/c1-9-11(5-7-14-9)13(2)8-10-4-3-6-12-10/h9-12H,3-8H2,1-2H3. The molecule has 0 aromatic carbocycles. The van der Waals surface area contributed by atoms with Crippen molar-refractivity contribution in [3.63, 3.8) is 0 Å². The minimum Gasteiger partial charge on any atom is -0.377 e. The van der Waals surface area contributed by atoms with Crippen LogP contribution in [0.4, 0.5) is 0 Å². The molecule has 0 radical (unpaired) electrons. The number of rotatable bonds is 3. The first-order valence-corrected chi connectivity index (χ1v) is 5.82. The van der Waals surface area contributed by atoms with Gasteiger partial charge in [0, 0.05) is 25.2 Å². The number of nitrogens with zero attached hydrogens (tertiary/aromatic N) is 1. The third-order valence-corrected chi connectivity index (χ3v) is 3.57. The Morgan fingerprint density at radius 1 is 1.43 bits per heavy atom. The molecule has 14 heavy (non-hydrogen) atoms. The maximum absolute atomic E-state index is 5.59. The number of hydrogen-bond acceptors (Lipinski definition) is 3. The van der Waals surface area contributed by atoms with Crippen LogP contribution in [0.1, 0.15) is 26.2 Å². The summed E-state index contributed by atoms with van der Waals surface area (Å²) in [7, 11) is 2.23. The molecular weight excluding hydrogens is 176 g/mol. The first-order chi connectivity index (χ1) is 6.77. The number of hydrogen-bond donors (Lipinski definition) is 1. The molecule has 3 unspecified atom stereocenters. The van der Waals surface area contributed by atoms with Crippen molar-refractivity contribution in [2.24, 2.45) is 0 Å². The molecule has 2 rings (SSSR count). The van der Waals surface area contributed by atoms with Crippen molar-refractivity contribution in [3.8, 4) is 0 Å². The Morgan fingerprint density at radius 2 is 2.29 bits per heavy atom. The van der Waals surface area contributed by atoms with Gasteiger partial charge in [-0.1, -0.05) is 0 Å². The Labute approximate surface area is 86.8 Å². The van der Waals surface area contributed by atoms with Crippen LogP contribution in [-0.2, 0) is 4.74 Å². The Hall–Kier alpha value is -0.120. The summed E-state index contributed by atoms with van der Waals surface area (Å²) < 4.78 is 5.59. The van der Waals surface area contributed by atoms with Gasteiger partial charge in [0.15, 0.2) is 0 Å². The predicted molar refractivity (Wildman–Crippen MR) is 57.5 cm³/mol. The van der Waals surface area contributed by atoms with Crippen LogP contribution < -0.4 is 5.32 Å². The molecule has 2 aliphatic heterocycles. The van der Waals surface area contributed by atoms with Gasteiger partial charge in [0.25, 0.3) is 0 Å². The van der Waals surface area contributed by atoms with E-state index in [1.165, 1.54) is 32.4 Å². The molecule has 2 fully saturated rings. The fourth-order valence-electron chi connectivity index (χ4n) is 2.69. The summed E-state index contributed by atoms with van der Waals surface area (Å²) >= 11 is 0. The molecule has 2 heterocycles. The average Bonchev–Trinajstić information content (AvgIpc) is 2.75. The third-order valence-electron chi connectivity index (χ3n) is 3.57. The quantitative estimate of drug-likeness (QED) is 0.727. The maximum Gasteiger partial charge on any atom is 0.0702 e. The van der Waals surface area contributed by atoms with E-state index in [1.807, 2.05) is 0 Å². The zero-order valence-electron chi connectivity index (χ0n) is 9.33. The van der Waals surface area contributed by atoms with E-state index in [0.29, 0.717) is 18.2 Å². The van der Waals surface area contributed by atoms with E-state index in [4.69, 9.17) is 4.74 Å². The summed E-state index contributed by atoms with van der Waals surface area (Å²) in [5, 5.41) is 3.54. The molecule has 0 spiro atoms. The maximum atomic E-state index is 5.59. The van der Waals surface area contributed by atoms with E-state index in [9.17, 15) is 0 Å².